The molecule has 0 aliphatic carbocycles. The molecule has 0 atom stereocenters. The molecule has 1 heterocycles. The van der Waals surface area contributed by atoms with Gasteiger partial charge in [0.2, 0.25) is 0 Å². The zero-order chi connectivity index (χ0) is 13.6. The van der Waals surface area contributed by atoms with Crippen molar-refractivity contribution in [1.82, 2.24) is 4.98 Å². The fourth-order valence-corrected chi connectivity index (χ4v) is 2.46. The number of hydrogen-bond acceptors (Lipinski definition) is 2. The molecule has 0 radical (unpaired) electrons. The van der Waals surface area contributed by atoms with Crippen LogP contribution in [-0.4, -0.2) is 4.98 Å². The van der Waals surface area contributed by atoms with Crippen LogP contribution in [0.25, 0.3) is 21.5 Å². The molecular formula is C14H7Cl2NO2. The first-order valence-electron chi connectivity index (χ1n) is 5.51. The summed E-state index contributed by atoms with van der Waals surface area (Å²) >= 11 is 11.9. The van der Waals surface area contributed by atoms with Gasteiger partial charge in [0.15, 0.2) is 0 Å². The highest BCUT2D eigenvalue weighted by Crippen LogP contribution is 2.25. The summed E-state index contributed by atoms with van der Waals surface area (Å²) in [4.78, 5) is 26.3. The number of aromatic amines is 1. The van der Waals surface area contributed by atoms with Gasteiger partial charge in [-0.2, -0.15) is 0 Å². The van der Waals surface area contributed by atoms with Crippen LogP contribution in [0.1, 0.15) is 0 Å². The van der Waals surface area contributed by atoms with Gasteiger partial charge >= 0.3 is 0 Å². The third kappa shape index (κ3) is 2.01. The quantitative estimate of drug-likeness (QED) is 0.690. The summed E-state index contributed by atoms with van der Waals surface area (Å²) in [5.74, 6) is 0. The van der Waals surface area contributed by atoms with Crippen LogP contribution in [0.4, 0.5) is 0 Å². The number of benzene rings is 2. The molecule has 0 saturated heterocycles. The van der Waals surface area contributed by atoms with Crippen molar-refractivity contribution < 1.29 is 0 Å². The highest BCUT2D eigenvalue weighted by atomic mass is 35.5. The van der Waals surface area contributed by atoms with Crippen LogP contribution >= 0.6 is 23.2 Å². The van der Waals surface area contributed by atoms with Gasteiger partial charge in [-0.3, -0.25) is 14.6 Å². The molecule has 1 N–H and O–H groups in total. The smallest absolute Gasteiger partial charge is 0.258 e. The molecule has 5 heteroatoms. The highest BCUT2D eigenvalue weighted by molar-refractivity contribution is 6.33. The molecule has 3 aromatic rings. The lowest BCUT2D eigenvalue weighted by Gasteiger charge is -1.98. The van der Waals surface area contributed by atoms with E-state index < -0.39 is 11.1 Å². The molecule has 0 fully saturated rings. The number of rotatable bonds is 0. The second-order valence-corrected chi connectivity index (χ2v) is 5.04. The molecule has 2 aromatic carbocycles. The summed E-state index contributed by atoms with van der Waals surface area (Å²) in [6, 6.07) is 9.72. The Labute approximate surface area is 117 Å². The van der Waals surface area contributed by atoms with E-state index in [0.29, 0.717) is 31.6 Å². The molecule has 3 nitrogen and oxygen atoms in total. The summed E-state index contributed by atoms with van der Waals surface area (Å²) in [6.45, 7) is 0. The lowest BCUT2D eigenvalue weighted by Crippen LogP contribution is -2.13. The third-order valence-corrected chi connectivity index (χ3v) is 3.44. The minimum absolute atomic E-state index is 0.402. The minimum atomic E-state index is -0.441. The van der Waals surface area contributed by atoms with E-state index in [1.165, 1.54) is 0 Å². The van der Waals surface area contributed by atoms with E-state index >= 15 is 0 Å². The zero-order valence-corrected chi connectivity index (χ0v) is 11.0. The second-order valence-electron chi connectivity index (χ2n) is 4.16. The van der Waals surface area contributed by atoms with Gasteiger partial charge in [0.25, 0.3) is 11.1 Å². The van der Waals surface area contributed by atoms with Crippen molar-refractivity contribution in [3.05, 3.63) is 67.2 Å². The second kappa shape index (κ2) is 4.37. The van der Waals surface area contributed by atoms with Crippen LogP contribution < -0.4 is 11.1 Å². The van der Waals surface area contributed by atoms with Crippen molar-refractivity contribution in [2.45, 2.75) is 0 Å². The minimum Gasteiger partial charge on any atom is -0.288 e. The van der Waals surface area contributed by atoms with Crippen molar-refractivity contribution >= 4 is 44.7 Å². The Morgan fingerprint density at radius 2 is 1.11 bits per heavy atom. The first-order valence-corrected chi connectivity index (χ1v) is 6.27. The molecular weight excluding hydrogens is 285 g/mol. The van der Waals surface area contributed by atoms with Gasteiger partial charge in [0.05, 0.1) is 0 Å². The van der Waals surface area contributed by atoms with E-state index in [1.54, 1.807) is 36.4 Å². The summed E-state index contributed by atoms with van der Waals surface area (Å²) in [5.41, 5.74) is -0.882. The van der Waals surface area contributed by atoms with Crippen LogP contribution in [0.3, 0.4) is 0 Å². The zero-order valence-electron chi connectivity index (χ0n) is 9.54. The number of aromatic nitrogens is 1. The molecule has 0 amide bonds. The first-order chi connectivity index (χ1) is 9.06. The molecule has 19 heavy (non-hydrogen) atoms. The average molecular weight is 292 g/mol. The van der Waals surface area contributed by atoms with Gasteiger partial charge in [-0.15, -0.1) is 0 Å². The van der Waals surface area contributed by atoms with Gasteiger partial charge in [0.1, 0.15) is 0 Å². The van der Waals surface area contributed by atoms with Crippen LogP contribution in [0.5, 0.6) is 0 Å². The average Bonchev–Trinajstić information content (AvgIpc) is 2.46. The Balaban J connectivity index is 2.78. The fraction of sp³-hybridized carbons (Fsp3) is 0. The largest absolute Gasteiger partial charge is 0.288 e. The van der Waals surface area contributed by atoms with Crippen molar-refractivity contribution in [2.75, 3.05) is 0 Å². The maximum atomic E-state index is 12.0. The maximum absolute atomic E-state index is 12.0. The van der Waals surface area contributed by atoms with Crippen LogP contribution in [-0.2, 0) is 0 Å². The first kappa shape index (κ1) is 12.2. The molecule has 0 unspecified atom stereocenters. The highest BCUT2D eigenvalue weighted by Gasteiger charge is 2.07. The van der Waals surface area contributed by atoms with E-state index in [2.05, 4.69) is 4.98 Å². The van der Waals surface area contributed by atoms with E-state index in [-0.39, 0.29) is 0 Å². The van der Waals surface area contributed by atoms with Crippen molar-refractivity contribution in [3.8, 4) is 0 Å². The Hall–Kier alpha value is -1.84. The Kier molecular flexibility index (Phi) is 2.81. The SMILES string of the molecule is O=c1[nH]c(=O)c2ccc(Cl)cc2c2cc(Cl)ccc12. The van der Waals surface area contributed by atoms with Gasteiger partial charge in [-0.05, 0) is 47.2 Å². The lowest BCUT2D eigenvalue weighted by atomic mass is 10.1. The molecule has 0 saturated carbocycles. The maximum Gasteiger partial charge on any atom is 0.258 e. The van der Waals surface area contributed by atoms with Crippen molar-refractivity contribution in [1.29, 1.82) is 0 Å². The fourth-order valence-electron chi connectivity index (χ4n) is 2.11. The third-order valence-electron chi connectivity index (χ3n) is 2.97. The predicted molar refractivity (Wildman–Crippen MR) is 78.4 cm³/mol. The summed E-state index contributed by atoms with van der Waals surface area (Å²) in [5, 5.41) is 3.00. The Bertz CT molecular complexity index is 856. The Morgan fingerprint density at radius 1 is 0.684 bits per heavy atom. The number of halogens is 2. The summed E-state index contributed by atoms with van der Waals surface area (Å²) < 4.78 is 0. The summed E-state index contributed by atoms with van der Waals surface area (Å²) in [7, 11) is 0. The number of H-pyrrole nitrogens is 1. The van der Waals surface area contributed by atoms with Crippen molar-refractivity contribution in [3.63, 3.8) is 0 Å². The van der Waals surface area contributed by atoms with Crippen LogP contribution in [0.15, 0.2) is 46.0 Å². The van der Waals surface area contributed by atoms with E-state index in [4.69, 9.17) is 23.2 Å². The van der Waals surface area contributed by atoms with Gasteiger partial charge < -0.3 is 0 Å². The molecule has 94 valence electrons. The van der Waals surface area contributed by atoms with E-state index in [0.717, 1.165) is 0 Å². The molecule has 0 aliphatic heterocycles. The molecule has 1 aromatic heterocycles. The molecule has 0 spiro atoms. The monoisotopic (exact) mass is 291 g/mol. The van der Waals surface area contributed by atoms with Crippen LogP contribution in [0, 0.1) is 0 Å². The topological polar surface area (TPSA) is 49.9 Å². The standard InChI is InChI=1S/C14H7Cl2NO2/c15-7-1-3-9-11(5-7)12-6-8(16)2-4-10(12)14(19)17-13(9)18/h1-6H,(H,17,18,19). The van der Waals surface area contributed by atoms with Gasteiger partial charge in [-0.25, -0.2) is 0 Å². The van der Waals surface area contributed by atoms with Gasteiger partial charge in [-0.1, -0.05) is 23.2 Å². The van der Waals surface area contributed by atoms with E-state index in [9.17, 15) is 9.59 Å². The Morgan fingerprint density at radius 3 is 1.53 bits per heavy atom. The number of fused-ring (bicyclic) bond motifs is 3. The summed E-state index contributed by atoms with van der Waals surface area (Å²) in [6.07, 6.45) is 0. The lowest BCUT2D eigenvalue weighted by molar-refractivity contribution is 1.23. The predicted octanol–water partition coefficient (Wildman–Crippen LogP) is 3.35. The molecule has 3 rings (SSSR count). The van der Waals surface area contributed by atoms with E-state index in [1.807, 2.05) is 0 Å². The van der Waals surface area contributed by atoms with Gasteiger partial charge in [0, 0.05) is 20.8 Å². The normalized spacial score (nSPS) is 11.1. The molecule has 0 aliphatic rings. The molecule has 0 bridgehead atoms. The van der Waals surface area contributed by atoms with Crippen molar-refractivity contribution in [2.24, 2.45) is 0 Å². The van der Waals surface area contributed by atoms with Crippen LogP contribution in [0.2, 0.25) is 10.0 Å². The number of hydrogen-bond donors (Lipinski definition) is 1. The number of nitrogens with one attached hydrogen (secondary N) is 1.